The minimum Gasteiger partial charge on any atom is -0.321 e. The molecule has 0 aliphatic heterocycles. The minimum atomic E-state index is -1.34. The first-order valence-corrected chi connectivity index (χ1v) is 11.1. The molecule has 0 N–H and O–H groups in total. The molecule has 20 heavy (non-hydrogen) atoms. The van der Waals surface area contributed by atoms with E-state index in [1.165, 1.54) is 19.0 Å². The molecule has 116 valence electrons. The third kappa shape index (κ3) is 7.25. The second-order valence-corrected chi connectivity index (χ2v) is 11.3. The Morgan fingerprint density at radius 1 is 1.30 bits per heavy atom. The lowest BCUT2D eigenvalue weighted by Gasteiger charge is -2.40. The summed E-state index contributed by atoms with van der Waals surface area (Å²) in [5.74, 6) is 0. The molecule has 0 saturated heterocycles. The van der Waals surface area contributed by atoms with Crippen LogP contribution in [0.15, 0.2) is 36.5 Å². The molecule has 0 heterocycles. The van der Waals surface area contributed by atoms with Gasteiger partial charge in [-0.05, 0) is 44.8 Å². The molecule has 0 aromatic heterocycles. The van der Waals surface area contributed by atoms with Crippen LogP contribution in [0, 0.1) is 0 Å². The van der Waals surface area contributed by atoms with E-state index in [4.69, 9.17) is 0 Å². The van der Waals surface area contributed by atoms with Gasteiger partial charge in [0.2, 0.25) is 0 Å². The summed E-state index contributed by atoms with van der Waals surface area (Å²) in [7, 11) is -1.34. The summed E-state index contributed by atoms with van der Waals surface area (Å²) in [4.78, 5) is 0. The van der Waals surface area contributed by atoms with Gasteiger partial charge >= 0.3 is 0 Å². The van der Waals surface area contributed by atoms with E-state index >= 15 is 0 Å². The maximum absolute atomic E-state index is 3.97. The van der Waals surface area contributed by atoms with Crippen molar-refractivity contribution in [3.63, 3.8) is 0 Å². The van der Waals surface area contributed by atoms with Crippen molar-refractivity contribution >= 4 is 8.24 Å². The van der Waals surface area contributed by atoms with E-state index in [2.05, 4.69) is 64.6 Å². The molecule has 0 spiro atoms. The zero-order valence-electron chi connectivity index (χ0n) is 14.6. The zero-order valence-corrected chi connectivity index (χ0v) is 15.6. The lowest BCUT2D eigenvalue weighted by Crippen LogP contribution is -2.52. The van der Waals surface area contributed by atoms with Crippen LogP contribution in [0.3, 0.4) is 0 Å². The number of hydrogen-bond acceptors (Lipinski definition) is 1. The summed E-state index contributed by atoms with van der Waals surface area (Å²) in [5, 5.41) is 0. The van der Waals surface area contributed by atoms with Gasteiger partial charge in [0.15, 0.2) is 0 Å². The normalized spacial score (nSPS) is 13.1. The van der Waals surface area contributed by atoms with E-state index in [9.17, 15) is 0 Å². The van der Waals surface area contributed by atoms with Crippen LogP contribution in [0.1, 0.15) is 47.0 Å². The van der Waals surface area contributed by atoms with Crippen molar-refractivity contribution < 1.29 is 0 Å². The van der Waals surface area contributed by atoms with Crippen LogP contribution in [-0.2, 0) is 0 Å². The first-order chi connectivity index (χ1) is 9.24. The molecule has 0 aliphatic carbocycles. The van der Waals surface area contributed by atoms with E-state index in [1.54, 1.807) is 5.57 Å². The highest BCUT2D eigenvalue weighted by atomic mass is 28.3. The molecule has 0 amide bonds. The summed E-state index contributed by atoms with van der Waals surface area (Å²) in [6, 6.07) is 1.93. The summed E-state index contributed by atoms with van der Waals surface area (Å²) in [5.41, 5.74) is 2.68. The predicted octanol–water partition coefficient (Wildman–Crippen LogP) is 5.78. The number of hydrogen-bond donors (Lipinski definition) is 0. The number of rotatable bonds is 10. The van der Waals surface area contributed by atoms with Gasteiger partial charge in [-0.1, -0.05) is 70.3 Å². The fourth-order valence-corrected chi connectivity index (χ4v) is 6.90. The van der Waals surface area contributed by atoms with E-state index in [-0.39, 0.29) is 0 Å². The highest BCUT2D eigenvalue weighted by molar-refractivity contribution is 6.75. The molecule has 0 aliphatic rings. The molecule has 2 heteroatoms. The fourth-order valence-electron chi connectivity index (χ4n) is 2.96. The average molecular weight is 294 g/mol. The third-order valence-electron chi connectivity index (χ3n) is 3.82. The predicted molar refractivity (Wildman–Crippen MR) is 96.8 cm³/mol. The van der Waals surface area contributed by atoms with E-state index in [0.717, 1.165) is 18.4 Å². The van der Waals surface area contributed by atoms with Crippen LogP contribution >= 0.6 is 0 Å². The Kier molecular flexibility index (Phi) is 9.07. The van der Waals surface area contributed by atoms with Gasteiger partial charge in [-0.2, -0.15) is 0 Å². The van der Waals surface area contributed by atoms with Gasteiger partial charge in [0, 0.05) is 0 Å². The molecule has 0 fully saturated rings. The zero-order chi connectivity index (χ0) is 15.8. The van der Waals surface area contributed by atoms with Gasteiger partial charge in [0.1, 0.15) is 8.24 Å². The summed E-state index contributed by atoms with van der Waals surface area (Å²) in [6.07, 6.45) is 7.64. The summed E-state index contributed by atoms with van der Waals surface area (Å²) < 4.78 is 2.76. The van der Waals surface area contributed by atoms with Crippen LogP contribution in [0.2, 0.25) is 19.1 Å². The average Bonchev–Trinajstić information content (AvgIpc) is 2.34. The second-order valence-electron chi connectivity index (χ2n) is 6.73. The van der Waals surface area contributed by atoms with E-state index in [0.29, 0.717) is 6.04 Å². The van der Waals surface area contributed by atoms with Crippen molar-refractivity contribution in [2.45, 2.75) is 72.1 Å². The minimum absolute atomic E-state index is 0.657. The van der Waals surface area contributed by atoms with Crippen molar-refractivity contribution in [1.29, 1.82) is 0 Å². The Morgan fingerprint density at radius 3 is 2.35 bits per heavy atom. The first kappa shape index (κ1) is 19.4. The molecule has 0 atom stereocenters. The van der Waals surface area contributed by atoms with Gasteiger partial charge in [-0.15, -0.1) is 0 Å². The highest BCUT2D eigenvalue weighted by Gasteiger charge is 2.30. The van der Waals surface area contributed by atoms with Crippen molar-refractivity contribution in [2.75, 3.05) is 6.54 Å². The van der Waals surface area contributed by atoms with Gasteiger partial charge in [-0.3, -0.25) is 0 Å². The SMILES string of the molecule is C=CC(=C)CC/C=C(/C)C[Si](C)(C)N(CCC)C(C)C. The molecule has 0 unspecified atom stereocenters. The van der Waals surface area contributed by atoms with Crippen LogP contribution in [0.5, 0.6) is 0 Å². The number of allylic oxidation sites excluding steroid dienone is 4. The molecule has 0 radical (unpaired) electrons. The van der Waals surface area contributed by atoms with Crippen molar-refractivity contribution in [3.05, 3.63) is 36.5 Å². The van der Waals surface area contributed by atoms with E-state index in [1.807, 2.05) is 6.08 Å². The molecule has 0 bridgehead atoms. The fraction of sp³-hybridized carbons (Fsp3) is 0.667. The molecule has 0 aromatic carbocycles. The first-order valence-electron chi connectivity index (χ1n) is 7.97. The highest BCUT2D eigenvalue weighted by Crippen LogP contribution is 2.24. The van der Waals surface area contributed by atoms with Gasteiger partial charge in [0.05, 0.1) is 0 Å². The molecule has 1 nitrogen and oxygen atoms in total. The standard InChI is InChI=1S/C18H35NSi/c1-9-14-19(16(3)4)20(7,8)15-18(6)13-11-12-17(5)10-2/h10,13,16H,2,5,9,11-12,14-15H2,1,3-4,6-8H3/b18-13-. The third-order valence-corrected chi connectivity index (χ3v) is 7.54. The maximum atomic E-state index is 3.97. The smallest absolute Gasteiger partial charge is 0.126 e. The lowest BCUT2D eigenvalue weighted by molar-refractivity contribution is 0.351. The molecule has 0 rings (SSSR count). The largest absolute Gasteiger partial charge is 0.321 e. The molecule has 0 aromatic rings. The maximum Gasteiger partial charge on any atom is 0.126 e. The monoisotopic (exact) mass is 293 g/mol. The van der Waals surface area contributed by atoms with E-state index < -0.39 is 8.24 Å². The summed E-state index contributed by atoms with van der Waals surface area (Å²) >= 11 is 0. The number of nitrogens with zero attached hydrogens (tertiary/aromatic N) is 1. The van der Waals surface area contributed by atoms with Crippen molar-refractivity contribution in [1.82, 2.24) is 4.57 Å². The Labute approximate surface area is 128 Å². The Balaban J connectivity index is 4.59. The summed E-state index contributed by atoms with van der Waals surface area (Å²) in [6.45, 7) is 23.2. The molecular formula is C18H35NSi. The Hall–Kier alpha value is -0.603. The van der Waals surface area contributed by atoms with Gasteiger partial charge in [0.25, 0.3) is 0 Å². The lowest BCUT2D eigenvalue weighted by atomic mass is 10.1. The Morgan fingerprint density at radius 2 is 1.90 bits per heavy atom. The van der Waals surface area contributed by atoms with Crippen molar-refractivity contribution in [3.8, 4) is 0 Å². The van der Waals surface area contributed by atoms with Crippen LogP contribution < -0.4 is 0 Å². The van der Waals surface area contributed by atoms with Crippen LogP contribution in [0.25, 0.3) is 0 Å². The topological polar surface area (TPSA) is 3.24 Å². The van der Waals surface area contributed by atoms with Crippen molar-refractivity contribution in [2.24, 2.45) is 0 Å². The quantitative estimate of drug-likeness (QED) is 0.280. The molecule has 0 saturated carbocycles. The van der Waals surface area contributed by atoms with Gasteiger partial charge in [-0.25, -0.2) is 0 Å². The van der Waals surface area contributed by atoms with Crippen LogP contribution in [0.4, 0.5) is 0 Å². The second kappa shape index (κ2) is 9.35. The van der Waals surface area contributed by atoms with Crippen LogP contribution in [-0.4, -0.2) is 25.4 Å². The Bertz CT molecular complexity index is 339. The van der Waals surface area contributed by atoms with Gasteiger partial charge < -0.3 is 4.57 Å². The molecular weight excluding hydrogens is 258 g/mol.